The summed E-state index contributed by atoms with van der Waals surface area (Å²) in [4.78, 5) is 21.6. The Morgan fingerprint density at radius 1 is 1.35 bits per heavy atom. The zero-order chi connectivity index (χ0) is 12.7. The number of hydrogen-bond donors (Lipinski definition) is 4. The fraction of sp³-hybridized carbons (Fsp3) is 0.818. The maximum atomic E-state index is 11.4. The Morgan fingerprint density at radius 3 is 2.53 bits per heavy atom. The maximum absolute atomic E-state index is 11.4. The minimum atomic E-state index is -0.946. The van der Waals surface area contributed by atoms with Gasteiger partial charge < -0.3 is 20.8 Å². The Balaban J connectivity index is 2.14. The van der Waals surface area contributed by atoms with E-state index in [1.165, 1.54) is 19.3 Å². The number of carboxylic acids is 1. The van der Waals surface area contributed by atoms with Crippen molar-refractivity contribution in [2.45, 2.75) is 38.1 Å². The van der Waals surface area contributed by atoms with Gasteiger partial charge in [0.05, 0.1) is 19.1 Å². The monoisotopic (exact) mass is 244 g/mol. The fourth-order valence-corrected chi connectivity index (χ4v) is 1.83. The predicted molar refractivity (Wildman–Crippen MR) is 61.6 cm³/mol. The van der Waals surface area contributed by atoms with Crippen LogP contribution in [0.4, 0.5) is 4.79 Å². The second kappa shape index (κ2) is 7.11. The highest BCUT2D eigenvalue weighted by Crippen LogP contribution is 2.30. The first-order valence-corrected chi connectivity index (χ1v) is 5.99. The highest BCUT2D eigenvalue weighted by Gasteiger charge is 2.22. The molecule has 1 unspecified atom stereocenters. The van der Waals surface area contributed by atoms with Gasteiger partial charge in [-0.3, -0.25) is 4.79 Å². The normalized spacial score (nSPS) is 17.0. The zero-order valence-electron chi connectivity index (χ0n) is 9.82. The second-order valence-electron chi connectivity index (χ2n) is 4.46. The minimum Gasteiger partial charge on any atom is -0.481 e. The van der Waals surface area contributed by atoms with Crippen molar-refractivity contribution in [2.24, 2.45) is 5.92 Å². The number of hydrogen-bond acceptors (Lipinski definition) is 3. The SMILES string of the molecule is O=C(O)CCNC(=O)NC(CO)CC1CCC1. The third-order valence-corrected chi connectivity index (χ3v) is 3.02. The molecule has 0 bridgehead atoms. The van der Waals surface area contributed by atoms with E-state index in [2.05, 4.69) is 10.6 Å². The molecule has 6 heteroatoms. The number of aliphatic hydroxyl groups excluding tert-OH is 1. The van der Waals surface area contributed by atoms with Crippen LogP contribution in [0, 0.1) is 5.92 Å². The lowest BCUT2D eigenvalue weighted by Gasteiger charge is -2.29. The van der Waals surface area contributed by atoms with Crippen molar-refractivity contribution >= 4 is 12.0 Å². The van der Waals surface area contributed by atoms with Crippen LogP contribution >= 0.6 is 0 Å². The molecule has 1 rings (SSSR count). The number of carbonyl (C=O) groups is 2. The Hall–Kier alpha value is -1.30. The second-order valence-corrected chi connectivity index (χ2v) is 4.46. The summed E-state index contributed by atoms with van der Waals surface area (Å²) in [6.07, 6.45) is 4.26. The lowest BCUT2D eigenvalue weighted by Crippen LogP contribution is -2.45. The molecule has 2 amide bonds. The van der Waals surface area contributed by atoms with Crippen LogP contribution in [-0.4, -0.2) is 41.4 Å². The van der Waals surface area contributed by atoms with E-state index >= 15 is 0 Å². The van der Waals surface area contributed by atoms with Gasteiger partial charge in [0.2, 0.25) is 0 Å². The van der Waals surface area contributed by atoms with Crippen LogP contribution in [0.5, 0.6) is 0 Å². The van der Waals surface area contributed by atoms with E-state index in [0.29, 0.717) is 5.92 Å². The predicted octanol–water partition coefficient (Wildman–Crippen LogP) is 0.311. The standard InChI is InChI=1S/C11H20N2O4/c14-7-9(6-8-2-1-3-8)13-11(17)12-5-4-10(15)16/h8-9,14H,1-7H2,(H,15,16)(H2,12,13,17). The van der Waals surface area contributed by atoms with Crippen molar-refractivity contribution in [2.75, 3.05) is 13.2 Å². The van der Waals surface area contributed by atoms with Crippen molar-refractivity contribution in [3.8, 4) is 0 Å². The summed E-state index contributed by atoms with van der Waals surface area (Å²) < 4.78 is 0. The van der Waals surface area contributed by atoms with E-state index < -0.39 is 12.0 Å². The molecule has 0 aromatic rings. The molecule has 0 spiro atoms. The Labute approximate surface area is 100 Å². The average molecular weight is 244 g/mol. The molecule has 0 radical (unpaired) electrons. The summed E-state index contributed by atoms with van der Waals surface area (Å²) in [5.41, 5.74) is 0. The Bertz CT molecular complexity index is 266. The molecule has 1 aliphatic rings. The molecular formula is C11H20N2O4. The van der Waals surface area contributed by atoms with E-state index in [1.807, 2.05) is 0 Å². The van der Waals surface area contributed by atoms with Crippen LogP contribution in [0.2, 0.25) is 0 Å². The molecule has 1 atom stereocenters. The van der Waals surface area contributed by atoms with Crippen molar-refractivity contribution < 1.29 is 19.8 Å². The smallest absolute Gasteiger partial charge is 0.315 e. The number of carboxylic acid groups (broad SMARTS) is 1. The van der Waals surface area contributed by atoms with Crippen LogP contribution in [0.3, 0.4) is 0 Å². The number of nitrogens with one attached hydrogen (secondary N) is 2. The van der Waals surface area contributed by atoms with Gasteiger partial charge >= 0.3 is 12.0 Å². The number of urea groups is 1. The number of carbonyl (C=O) groups excluding carboxylic acids is 1. The summed E-state index contributed by atoms with van der Waals surface area (Å²) in [6, 6.07) is -0.644. The van der Waals surface area contributed by atoms with Gasteiger partial charge in [0, 0.05) is 6.54 Å². The molecule has 1 aliphatic carbocycles. The molecule has 0 saturated heterocycles. The highest BCUT2D eigenvalue weighted by atomic mass is 16.4. The molecule has 1 saturated carbocycles. The summed E-state index contributed by atoms with van der Waals surface area (Å²) >= 11 is 0. The molecule has 0 aromatic carbocycles. The molecule has 0 aliphatic heterocycles. The molecule has 17 heavy (non-hydrogen) atoms. The molecule has 4 N–H and O–H groups in total. The number of rotatable bonds is 7. The summed E-state index contributed by atoms with van der Waals surface area (Å²) in [7, 11) is 0. The molecule has 6 nitrogen and oxygen atoms in total. The van der Waals surface area contributed by atoms with Crippen LogP contribution < -0.4 is 10.6 Å². The van der Waals surface area contributed by atoms with Gasteiger partial charge in [-0.2, -0.15) is 0 Å². The lowest BCUT2D eigenvalue weighted by molar-refractivity contribution is -0.136. The molecule has 1 fully saturated rings. The third-order valence-electron chi connectivity index (χ3n) is 3.02. The van der Waals surface area contributed by atoms with Crippen molar-refractivity contribution in [1.29, 1.82) is 0 Å². The minimum absolute atomic E-state index is 0.0805. The number of aliphatic hydroxyl groups is 1. The van der Waals surface area contributed by atoms with Gasteiger partial charge in [-0.15, -0.1) is 0 Å². The maximum Gasteiger partial charge on any atom is 0.315 e. The summed E-state index contributed by atoms with van der Waals surface area (Å²) in [6.45, 7) is 0.0194. The molecular weight excluding hydrogens is 224 g/mol. The first-order chi connectivity index (χ1) is 8.11. The molecule has 0 aromatic heterocycles. The number of aliphatic carboxylic acids is 1. The van der Waals surface area contributed by atoms with E-state index in [4.69, 9.17) is 10.2 Å². The van der Waals surface area contributed by atoms with Crippen molar-refractivity contribution in [3.05, 3.63) is 0 Å². The molecule has 0 heterocycles. The fourth-order valence-electron chi connectivity index (χ4n) is 1.83. The third kappa shape index (κ3) is 5.53. The van der Waals surface area contributed by atoms with Crippen LogP contribution in [0.25, 0.3) is 0 Å². The average Bonchev–Trinajstić information content (AvgIpc) is 2.20. The Morgan fingerprint density at radius 2 is 2.06 bits per heavy atom. The highest BCUT2D eigenvalue weighted by molar-refractivity contribution is 5.75. The van der Waals surface area contributed by atoms with Gasteiger partial charge in [0.15, 0.2) is 0 Å². The van der Waals surface area contributed by atoms with Crippen molar-refractivity contribution in [3.63, 3.8) is 0 Å². The van der Waals surface area contributed by atoms with Crippen LogP contribution in [0.1, 0.15) is 32.1 Å². The Kier molecular flexibility index (Phi) is 5.76. The quantitative estimate of drug-likeness (QED) is 0.518. The first kappa shape index (κ1) is 13.8. The molecule has 98 valence electrons. The van der Waals surface area contributed by atoms with Gasteiger partial charge in [0.1, 0.15) is 0 Å². The van der Waals surface area contributed by atoms with Gasteiger partial charge in [-0.05, 0) is 12.3 Å². The summed E-state index contributed by atoms with van der Waals surface area (Å²) in [5, 5.41) is 22.6. The van der Waals surface area contributed by atoms with Crippen LogP contribution in [-0.2, 0) is 4.79 Å². The van der Waals surface area contributed by atoms with Crippen molar-refractivity contribution in [1.82, 2.24) is 10.6 Å². The topological polar surface area (TPSA) is 98.7 Å². The zero-order valence-corrected chi connectivity index (χ0v) is 9.82. The lowest BCUT2D eigenvalue weighted by atomic mass is 9.81. The number of amides is 2. The first-order valence-electron chi connectivity index (χ1n) is 5.99. The van der Waals surface area contributed by atoms with E-state index in [9.17, 15) is 9.59 Å². The largest absolute Gasteiger partial charge is 0.481 e. The van der Waals surface area contributed by atoms with E-state index in [1.54, 1.807) is 0 Å². The van der Waals surface area contributed by atoms with E-state index in [0.717, 1.165) is 6.42 Å². The summed E-state index contributed by atoms with van der Waals surface area (Å²) in [5.74, 6) is -0.343. The van der Waals surface area contributed by atoms with Gasteiger partial charge in [0.25, 0.3) is 0 Å². The van der Waals surface area contributed by atoms with Crippen LogP contribution in [0.15, 0.2) is 0 Å². The van der Waals surface area contributed by atoms with Gasteiger partial charge in [-0.25, -0.2) is 4.79 Å². The van der Waals surface area contributed by atoms with Gasteiger partial charge in [-0.1, -0.05) is 19.3 Å². The van der Waals surface area contributed by atoms with E-state index in [-0.39, 0.29) is 25.6 Å².